The van der Waals surface area contributed by atoms with Gasteiger partial charge in [-0.2, -0.15) is 0 Å². The lowest BCUT2D eigenvalue weighted by Crippen LogP contribution is -2.33. The number of nitrogens with zero attached hydrogens (tertiary/aromatic N) is 1. The number of hydrogen-bond acceptors (Lipinski definition) is 5. The Morgan fingerprint density at radius 3 is 2.53 bits per heavy atom. The molecule has 0 aromatic heterocycles. The van der Waals surface area contributed by atoms with Crippen LogP contribution in [0.2, 0.25) is 0 Å². The van der Waals surface area contributed by atoms with Crippen molar-refractivity contribution >= 4 is 37.6 Å². The smallest absolute Gasteiger partial charge is 0.162 e. The number of ether oxygens (including phenoxy) is 2. The Kier molecular flexibility index (Phi) is 7.18. The first-order chi connectivity index (χ1) is 15.5. The summed E-state index contributed by atoms with van der Waals surface area (Å²) in [5.74, 6) is 1.38. The Hall–Kier alpha value is -2.35. The molecule has 4 rings (SSSR count). The molecule has 2 atom stereocenters. The summed E-state index contributed by atoms with van der Waals surface area (Å²) in [5.41, 5.74) is 3.67. The van der Waals surface area contributed by atoms with Crippen molar-refractivity contribution in [1.29, 1.82) is 0 Å². The van der Waals surface area contributed by atoms with Crippen molar-refractivity contribution in [3.8, 4) is 17.2 Å². The van der Waals surface area contributed by atoms with Crippen molar-refractivity contribution in [2.75, 3.05) is 13.7 Å². The zero-order chi connectivity index (χ0) is 22.7. The van der Waals surface area contributed by atoms with Gasteiger partial charge in [0.25, 0.3) is 0 Å². The Balaban J connectivity index is 1.81. The summed E-state index contributed by atoms with van der Waals surface area (Å²) in [7, 11) is 1.66. The van der Waals surface area contributed by atoms with E-state index in [9.17, 15) is 5.11 Å². The number of hydrogen-bond donors (Lipinski definition) is 2. The molecule has 32 heavy (non-hydrogen) atoms. The van der Waals surface area contributed by atoms with Crippen LogP contribution in [-0.4, -0.2) is 24.5 Å². The summed E-state index contributed by atoms with van der Waals surface area (Å²) in [5, 5.41) is 14.5. The number of benzene rings is 3. The Bertz CT molecular complexity index is 1150. The van der Waals surface area contributed by atoms with Crippen LogP contribution in [0.25, 0.3) is 0 Å². The van der Waals surface area contributed by atoms with Gasteiger partial charge in [-0.25, -0.2) is 0 Å². The van der Waals surface area contributed by atoms with Gasteiger partial charge in [0.15, 0.2) is 11.5 Å². The number of para-hydroxylation sites is 1. The largest absolute Gasteiger partial charge is 0.504 e. The SMILES string of the molecule is CCOc1cccc([C@@H]2CC(c3cccc(Br)c3)=N[C@H](c3cc(Br)ccc3OC)N2)c1O. The van der Waals surface area contributed by atoms with Crippen LogP contribution in [0.1, 0.15) is 42.2 Å². The summed E-state index contributed by atoms with van der Waals surface area (Å²) < 4.78 is 13.2. The van der Waals surface area contributed by atoms with Gasteiger partial charge >= 0.3 is 0 Å². The van der Waals surface area contributed by atoms with E-state index in [0.717, 1.165) is 37.1 Å². The molecule has 2 N–H and O–H groups in total. The zero-order valence-electron chi connectivity index (χ0n) is 17.8. The molecule has 0 saturated heterocycles. The molecular weight excluding hydrogens is 536 g/mol. The monoisotopic (exact) mass is 558 g/mol. The molecule has 0 radical (unpaired) electrons. The molecule has 0 fully saturated rings. The molecule has 7 heteroatoms. The molecule has 0 amide bonds. The molecule has 0 unspecified atom stereocenters. The molecule has 1 heterocycles. The number of phenols is 1. The minimum Gasteiger partial charge on any atom is -0.504 e. The van der Waals surface area contributed by atoms with Gasteiger partial charge < -0.3 is 14.6 Å². The normalized spacial score (nSPS) is 18.2. The molecule has 0 bridgehead atoms. The first-order valence-corrected chi connectivity index (χ1v) is 12.0. The molecular formula is C25H24Br2N2O3. The first-order valence-electron chi connectivity index (χ1n) is 10.4. The summed E-state index contributed by atoms with van der Waals surface area (Å²) in [6.07, 6.45) is 0.261. The van der Waals surface area contributed by atoms with Gasteiger partial charge in [-0.05, 0) is 48.9 Å². The number of aliphatic imine (C=N–C) groups is 1. The molecule has 0 saturated carbocycles. The number of rotatable bonds is 6. The summed E-state index contributed by atoms with van der Waals surface area (Å²) in [4.78, 5) is 5.05. The fraction of sp³-hybridized carbons (Fsp3) is 0.240. The third kappa shape index (κ3) is 4.85. The highest BCUT2D eigenvalue weighted by Crippen LogP contribution is 2.40. The van der Waals surface area contributed by atoms with E-state index >= 15 is 0 Å². The summed E-state index contributed by atoms with van der Waals surface area (Å²) >= 11 is 7.13. The minimum absolute atomic E-state index is 0.155. The molecule has 1 aliphatic rings. The molecule has 5 nitrogen and oxygen atoms in total. The van der Waals surface area contributed by atoms with Crippen LogP contribution in [0.15, 0.2) is 74.6 Å². The number of nitrogens with one attached hydrogen (secondary N) is 1. The van der Waals surface area contributed by atoms with E-state index in [2.05, 4.69) is 49.3 Å². The van der Waals surface area contributed by atoms with Gasteiger partial charge in [0, 0.05) is 38.2 Å². The second-order valence-electron chi connectivity index (χ2n) is 7.43. The number of phenolic OH excluding ortho intramolecular Hbond substituents is 1. The van der Waals surface area contributed by atoms with Crippen LogP contribution in [-0.2, 0) is 0 Å². The molecule has 0 aliphatic carbocycles. The lowest BCUT2D eigenvalue weighted by molar-refractivity contribution is 0.313. The second kappa shape index (κ2) is 10.1. The zero-order valence-corrected chi connectivity index (χ0v) is 21.0. The predicted octanol–water partition coefficient (Wildman–Crippen LogP) is 6.55. The van der Waals surface area contributed by atoms with Crippen molar-refractivity contribution in [2.45, 2.75) is 25.6 Å². The highest BCUT2D eigenvalue weighted by Gasteiger charge is 2.30. The third-order valence-electron chi connectivity index (χ3n) is 5.39. The molecule has 1 aliphatic heterocycles. The summed E-state index contributed by atoms with van der Waals surface area (Å²) in [6.45, 7) is 2.39. The van der Waals surface area contributed by atoms with Crippen LogP contribution in [0.5, 0.6) is 17.2 Å². The lowest BCUT2D eigenvalue weighted by atomic mass is 9.93. The highest BCUT2D eigenvalue weighted by atomic mass is 79.9. The average molecular weight is 560 g/mol. The van der Waals surface area contributed by atoms with E-state index in [-0.39, 0.29) is 18.0 Å². The first kappa shape index (κ1) is 22.8. The van der Waals surface area contributed by atoms with Gasteiger partial charge in [-0.1, -0.05) is 56.1 Å². The maximum absolute atomic E-state index is 10.9. The van der Waals surface area contributed by atoms with E-state index in [0.29, 0.717) is 18.8 Å². The van der Waals surface area contributed by atoms with Crippen LogP contribution in [0.3, 0.4) is 0 Å². The topological polar surface area (TPSA) is 63.1 Å². The highest BCUT2D eigenvalue weighted by molar-refractivity contribution is 9.10. The fourth-order valence-electron chi connectivity index (χ4n) is 3.92. The van der Waals surface area contributed by atoms with E-state index in [1.807, 2.05) is 49.4 Å². The summed E-state index contributed by atoms with van der Waals surface area (Å²) in [6, 6.07) is 19.4. The van der Waals surface area contributed by atoms with E-state index in [1.165, 1.54) is 0 Å². The van der Waals surface area contributed by atoms with Crippen molar-refractivity contribution in [3.05, 3.63) is 86.3 Å². The van der Waals surface area contributed by atoms with Crippen LogP contribution >= 0.6 is 31.9 Å². The van der Waals surface area contributed by atoms with Gasteiger partial charge in [0.05, 0.1) is 13.7 Å². The minimum atomic E-state index is -0.356. The Morgan fingerprint density at radius 2 is 1.78 bits per heavy atom. The number of methoxy groups -OCH3 is 1. The van der Waals surface area contributed by atoms with E-state index in [1.54, 1.807) is 13.2 Å². The Labute approximate surface area is 204 Å². The van der Waals surface area contributed by atoms with Gasteiger partial charge in [0.2, 0.25) is 0 Å². The maximum Gasteiger partial charge on any atom is 0.162 e. The van der Waals surface area contributed by atoms with Crippen molar-refractivity contribution in [2.24, 2.45) is 4.99 Å². The third-order valence-corrected chi connectivity index (χ3v) is 6.38. The fourth-order valence-corrected chi connectivity index (χ4v) is 4.70. The van der Waals surface area contributed by atoms with Crippen molar-refractivity contribution in [1.82, 2.24) is 5.32 Å². The number of halogens is 2. The number of aromatic hydroxyl groups is 1. The standard InChI is InChI=1S/C25H24Br2N2O3/c1-3-32-23-9-5-8-18(24(23)30)21-14-20(15-6-4-7-16(26)12-15)28-25(29-21)19-13-17(27)10-11-22(19)31-2/h4-13,21,25,29-30H,3,14H2,1-2H3/t21-,25-/m0/s1. The van der Waals surface area contributed by atoms with Gasteiger partial charge in [-0.15, -0.1) is 0 Å². The second-order valence-corrected chi connectivity index (χ2v) is 9.26. The van der Waals surface area contributed by atoms with Crippen LogP contribution in [0, 0.1) is 0 Å². The molecule has 3 aromatic carbocycles. The van der Waals surface area contributed by atoms with Crippen LogP contribution in [0.4, 0.5) is 0 Å². The maximum atomic E-state index is 10.9. The van der Waals surface area contributed by atoms with E-state index < -0.39 is 0 Å². The average Bonchev–Trinajstić information content (AvgIpc) is 2.80. The lowest BCUT2D eigenvalue weighted by Gasteiger charge is -2.32. The van der Waals surface area contributed by atoms with Crippen LogP contribution < -0.4 is 14.8 Å². The predicted molar refractivity (Wildman–Crippen MR) is 134 cm³/mol. The molecule has 166 valence electrons. The molecule has 3 aromatic rings. The van der Waals surface area contributed by atoms with Crippen molar-refractivity contribution < 1.29 is 14.6 Å². The van der Waals surface area contributed by atoms with E-state index in [4.69, 9.17) is 14.5 Å². The van der Waals surface area contributed by atoms with Gasteiger partial charge in [-0.3, -0.25) is 10.3 Å². The van der Waals surface area contributed by atoms with Crippen molar-refractivity contribution in [3.63, 3.8) is 0 Å². The Morgan fingerprint density at radius 1 is 1.00 bits per heavy atom. The quantitative estimate of drug-likeness (QED) is 0.359. The van der Waals surface area contributed by atoms with Gasteiger partial charge in [0.1, 0.15) is 11.9 Å². The molecule has 0 spiro atoms.